The van der Waals surface area contributed by atoms with E-state index in [1.54, 1.807) is 0 Å². The van der Waals surface area contributed by atoms with Gasteiger partial charge in [-0.3, -0.25) is 19.6 Å². The van der Waals surface area contributed by atoms with Gasteiger partial charge in [0.05, 0.1) is 11.1 Å². The van der Waals surface area contributed by atoms with Crippen LogP contribution in [0.2, 0.25) is 0 Å². The minimum atomic E-state index is -0.662. The number of carbonyl (C=O) groups excluding carboxylic acids is 2. The molecule has 2 N–H and O–H groups in total. The number of carbonyl (C=O) groups is 2. The summed E-state index contributed by atoms with van der Waals surface area (Å²) in [7, 11) is 0. The Labute approximate surface area is 300 Å². The summed E-state index contributed by atoms with van der Waals surface area (Å²) in [5, 5.41) is 23.0. The van der Waals surface area contributed by atoms with Gasteiger partial charge in [-0.2, -0.15) is 0 Å². The average molecular weight is 700 g/mol. The van der Waals surface area contributed by atoms with Crippen LogP contribution in [0, 0.1) is 41.5 Å². The van der Waals surface area contributed by atoms with Crippen molar-refractivity contribution in [1.29, 1.82) is 0 Å². The second kappa shape index (κ2) is 17.0. The summed E-state index contributed by atoms with van der Waals surface area (Å²) in [5.41, 5.74) is 8.51. The second-order valence-corrected chi connectivity index (χ2v) is 12.5. The average Bonchev–Trinajstić information content (AvgIpc) is 3.01. The van der Waals surface area contributed by atoms with Crippen LogP contribution in [0.4, 0.5) is 0 Å². The van der Waals surface area contributed by atoms with Crippen LogP contribution in [-0.4, -0.2) is 34.2 Å². The van der Waals surface area contributed by atoms with Crippen LogP contribution >= 0.6 is 0 Å². The number of benzene rings is 4. The van der Waals surface area contributed by atoms with E-state index in [4.69, 9.17) is 9.98 Å². The molecular formula is C42H44CoN2O4. The molecule has 0 heterocycles. The molecule has 0 fully saturated rings. The van der Waals surface area contributed by atoms with Gasteiger partial charge in [0, 0.05) is 40.3 Å². The molecule has 4 aromatic carbocycles. The summed E-state index contributed by atoms with van der Waals surface area (Å²) in [5.74, 6) is -0.942. The molecule has 0 spiro atoms. The monoisotopic (exact) mass is 699 g/mol. The van der Waals surface area contributed by atoms with Gasteiger partial charge in [0.1, 0.15) is 23.6 Å². The van der Waals surface area contributed by atoms with Crippen LogP contribution < -0.4 is 0 Å². The molecule has 0 aliphatic heterocycles. The molecule has 4 aromatic rings. The fourth-order valence-electron chi connectivity index (χ4n) is 6.32. The fraction of sp³-hybridized carbons (Fsp3) is 0.238. The second-order valence-electron chi connectivity index (χ2n) is 12.5. The number of nitrogens with zero attached hydrogens (tertiary/aromatic N) is 2. The van der Waals surface area contributed by atoms with Crippen molar-refractivity contribution in [1.82, 2.24) is 0 Å². The van der Waals surface area contributed by atoms with Crippen LogP contribution in [0.3, 0.4) is 0 Å². The van der Waals surface area contributed by atoms with E-state index in [-0.39, 0.29) is 51.0 Å². The van der Waals surface area contributed by atoms with E-state index >= 15 is 0 Å². The largest absolute Gasteiger partial charge is 0.506 e. The Bertz CT molecular complexity index is 1770. The number of aryl methyl sites for hydroxylation is 6. The standard InChI is InChI=1S/C42H44N2O4.Co/c1-25-19-27(3)37(28(4)20-25)41(47)35(31(7)45)23-43-39(33-15-11-9-12-16-33)40(34-17-13-10-14-18-34)44-24-36(32(8)46)42(48)38-29(5)21-26(2)22-30(38)6;/h9-24,39-40,47-48H,1-8H3;/b41-35-,42-36-,43-23?,44-24?;/t39-,40-;/m1./s1. The minimum Gasteiger partial charge on any atom is -0.506 e. The van der Waals surface area contributed by atoms with Crippen LogP contribution in [0.1, 0.15) is 81.6 Å². The van der Waals surface area contributed by atoms with Crippen LogP contribution in [-0.2, 0) is 26.4 Å². The molecule has 0 aliphatic rings. The molecule has 4 rings (SSSR count). The van der Waals surface area contributed by atoms with E-state index in [0.29, 0.717) is 11.1 Å². The van der Waals surface area contributed by atoms with Gasteiger partial charge >= 0.3 is 0 Å². The van der Waals surface area contributed by atoms with Crippen molar-refractivity contribution in [2.24, 2.45) is 9.98 Å². The Morgan fingerprint density at radius 3 is 1.10 bits per heavy atom. The zero-order valence-electron chi connectivity index (χ0n) is 29.3. The first kappa shape index (κ1) is 38.6. The minimum absolute atomic E-state index is 0. The SMILES string of the molecule is CC(=O)/C(C=N[C@H](c1ccccc1)[C@H](N=C/C(C(C)=O)=C(/O)c1c(C)cc(C)cc1C)c1ccccc1)=C(\O)c1c(C)cc(C)cc1C.[Co]. The van der Waals surface area contributed by atoms with E-state index in [2.05, 4.69) is 0 Å². The number of Topliss-reactive ketones (excluding diaryl/α,β-unsaturated/α-hetero) is 2. The first-order valence-electron chi connectivity index (χ1n) is 16.0. The first-order chi connectivity index (χ1) is 22.8. The number of aliphatic imine (C=N–C) groups is 2. The van der Waals surface area contributed by atoms with Gasteiger partial charge < -0.3 is 10.2 Å². The normalized spacial score (nSPS) is 13.8. The molecule has 255 valence electrons. The summed E-state index contributed by atoms with van der Waals surface area (Å²) in [4.78, 5) is 35.9. The Kier molecular flexibility index (Phi) is 13.4. The zero-order valence-corrected chi connectivity index (χ0v) is 30.4. The van der Waals surface area contributed by atoms with E-state index in [9.17, 15) is 19.8 Å². The molecule has 7 heteroatoms. The third-order valence-corrected chi connectivity index (χ3v) is 8.41. The van der Waals surface area contributed by atoms with Crippen molar-refractivity contribution in [2.75, 3.05) is 0 Å². The summed E-state index contributed by atoms with van der Waals surface area (Å²) in [6, 6.07) is 25.7. The summed E-state index contributed by atoms with van der Waals surface area (Å²) < 4.78 is 0. The van der Waals surface area contributed by atoms with Gasteiger partial charge in [0.25, 0.3) is 0 Å². The predicted molar refractivity (Wildman–Crippen MR) is 197 cm³/mol. The smallest absolute Gasteiger partial charge is 0.165 e. The van der Waals surface area contributed by atoms with Crippen molar-refractivity contribution in [3.8, 4) is 0 Å². The van der Waals surface area contributed by atoms with Crippen molar-refractivity contribution in [3.05, 3.63) is 152 Å². The summed E-state index contributed by atoms with van der Waals surface area (Å²) >= 11 is 0. The fourth-order valence-corrected chi connectivity index (χ4v) is 6.32. The molecule has 49 heavy (non-hydrogen) atoms. The number of allylic oxidation sites excluding steroid dienone is 2. The Morgan fingerprint density at radius 2 is 0.837 bits per heavy atom. The molecule has 1 radical (unpaired) electrons. The van der Waals surface area contributed by atoms with Gasteiger partial charge in [-0.25, -0.2) is 0 Å². The van der Waals surface area contributed by atoms with Gasteiger partial charge in [-0.1, -0.05) is 96.1 Å². The number of hydrogen-bond donors (Lipinski definition) is 2. The van der Waals surface area contributed by atoms with Gasteiger partial charge in [-0.15, -0.1) is 0 Å². The first-order valence-corrected chi connectivity index (χ1v) is 16.0. The van der Waals surface area contributed by atoms with E-state index in [1.807, 2.05) is 126 Å². The van der Waals surface area contributed by atoms with Gasteiger partial charge in [-0.05, 0) is 88.8 Å². The van der Waals surface area contributed by atoms with Crippen molar-refractivity contribution < 1.29 is 36.6 Å². The Hall–Kier alpha value is -4.85. The zero-order chi connectivity index (χ0) is 35.1. The van der Waals surface area contributed by atoms with Crippen LogP contribution in [0.5, 0.6) is 0 Å². The van der Waals surface area contributed by atoms with E-state index in [0.717, 1.165) is 44.5 Å². The van der Waals surface area contributed by atoms with Crippen LogP contribution in [0.25, 0.3) is 11.5 Å². The molecule has 2 atom stereocenters. The van der Waals surface area contributed by atoms with E-state index in [1.165, 1.54) is 26.3 Å². The molecule has 6 nitrogen and oxygen atoms in total. The third kappa shape index (κ3) is 9.19. The molecule has 0 amide bonds. The number of rotatable bonds is 11. The van der Waals surface area contributed by atoms with Gasteiger partial charge in [0.2, 0.25) is 0 Å². The quantitative estimate of drug-likeness (QED) is 0.0926. The number of aliphatic hydroxyl groups is 2. The number of hydrogen-bond acceptors (Lipinski definition) is 6. The molecular weight excluding hydrogens is 655 g/mol. The molecule has 0 aromatic heterocycles. The topological polar surface area (TPSA) is 99.3 Å². The number of ketones is 2. The van der Waals surface area contributed by atoms with Crippen LogP contribution in [0.15, 0.2) is 106 Å². The maximum atomic E-state index is 13.0. The van der Waals surface area contributed by atoms with Gasteiger partial charge in [0.15, 0.2) is 11.6 Å². The van der Waals surface area contributed by atoms with Crippen molar-refractivity contribution in [2.45, 2.75) is 67.5 Å². The van der Waals surface area contributed by atoms with E-state index < -0.39 is 12.1 Å². The molecule has 0 saturated carbocycles. The molecule has 0 aliphatic carbocycles. The number of aliphatic hydroxyl groups excluding tert-OH is 2. The summed E-state index contributed by atoms with van der Waals surface area (Å²) in [6.45, 7) is 14.4. The maximum absolute atomic E-state index is 13.0. The molecule has 0 bridgehead atoms. The maximum Gasteiger partial charge on any atom is 0.165 e. The Balaban J connectivity index is 0.00000650. The third-order valence-electron chi connectivity index (χ3n) is 8.41. The molecule has 0 saturated heterocycles. The molecule has 0 unspecified atom stereocenters. The summed E-state index contributed by atoms with van der Waals surface area (Å²) in [6.07, 6.45) is 2.86. The Morgan fingerprint density at radius 1 is 0.551 bits per heavy atom. The van der Waals surface area contributed by atoms with Crippen molar-refractivity contribution in [3.63, 3.8) is 0 Å². The van der Waals surface area contributed by atoms with Crippen molar-refractivity contribution >= 4 is 35.5 Å². The predicted octanol–water partition coefficient (Wildman–Crippen LogP) is 9.58.